The first kappa shape index (κ1) is 14.6. The van der Waals surface area contributed by atoms with Gasteiger partial charge in [-0.25, -0.2) is 0 Å². The Bertz CT molecular complexity index is 554. The molecule has 0 saturated heterocycles. The molecule has 0 radical (unpaired) electrons. The zero-order chi connectivity index (χ0) is 14.4. The van der Waals surface area contributed by atoms with Crippen LogP contribution < -0.4 is 10.1 Å². The van der Waals surface area contributed by atoms with E-state index in [-0.39, 0.29) is 18.6 Å². The summed E-state index contributed by atoms with van der Waals surface area (Å²) in [6, 6.07) is 17.2. The summed E-state index contributed by atoms with van der Waals surface area (Å²) < 4.78 is 6.41. The lowest BCUT2D eigenvalue weighted by Gasteiger charge is -2.14. The number of halogens is 1. The summed E-state index contributed by atoms with van der Waals surface area (Å²) in [5, 5.41) is 2.90. The number of amides is 1. The van der Waals surface area contributed by atoms with Crippen LogP contribution >= 0.6 is 15.9 Å². The Morgan fingerprint density at radius 3 is 2.45 bits per heavy atom. The summed E-state index contributed by atoms with van der Waals surface area (Å²) in [6.07, 6.45) is 0. The van der Waals surface area contributed by atoms with Crippen LogP contribution in [0.1, 0.15) is 18.5 Å². The number of hydrogen-bond acceptors (Lipinski definition) is 2. The van der Waals surface area contributed by atoms with Gasteiger partial charge in [0.15, 0.2) is 6.61 Å². The van der Waals surface area contributed by atoms with Crippen molar-refractivity contribution < 1.29 is 9.53 Å². The lowest BCUT2D eigenvalue weighted by atomic mass is 10.1. The number of ether oxygens (including phenoxy) is 1. The van der Waals surface area contributed by atoms with Crippen LogP contribution in [-0.4, -0.2) is 12.5 Å². The van der Waals surface area contributed by atoms with E-state index in [2.05, 4.69) is 21.2 Å². The summed E-state index contributed by atoms with van der Waals surface area (Å²) in [5.41, 5.74) is 1.07. The molecule has 0 aliphatic heterocycles. The first-order valence-electron chi connectivity index (χ1n) is 6.38. The van der Waals surface area contributed by atoms with E-state index < -0.39 is 0 Å². The highest BCUT2D eigenvalue weighted by molar-refractivity contribution is 9.10. The molecule has 1 amide bonds. The molecule has 1 N–H and O–H groups in total. The fourth-order valence-electron chi connectivity index (χ4n) is 1.79. The summed E-state index contributed by atoms with van der Waals surface area (Å²) >= 11 is 3.35. The minimum absolute atomic E-state index is 0.0127. The van der Waals surface area contributed by atoms with Gasteiger partial charge in [0.1, 0.15) is 5.75 Å². The first-order chi connectivity index (χ1) is 9.65. The molecule has 0 spiro atoms. The van der Waals surface area contributed by atoms with Crippen molar-refractivity contribution in [3.05, 3.63) is 64.6 Å². The molecule has 0 aromatic heterocycles. The third-order valence-corrected chi connectivity index (χ3v) is 3.39. The van der Waals surface area contributed by atoms with E-state index in [0.717, 1.165) is 10.0 Å². The second kappa shape index (κ2) is 7.10. The largest absolute Gasteiger partial charge is 0.484 e. The molecule has 2 aromatic rings. The first-order valence-corrected chi connectivity index (χ1v) is 7.17. The van der Waals surface area contributed by atoms with Gasteiger partial charge in [-0.1, -0.05) is 46.3 Å². The highest BCUT2D eigenvalue weighted by Gasteiger charge is 2.09. The van der Waals surface area contributed by atoms with Crippen LogP contribution in [0.2, 0.25) is 0 Å². The molecular weight excluding hydrogens is 318 g/mol. The van der Waals surface area contributed by atoms with Gasteiger partial charge in [-0.15, -0.1) is 0 Å². The normalized spacial score (nSPS) is 11.7. The maximum absolute atomic E-state index is 11.8. The molecule has 3 nitrogen and oxygen atoms in total. The Morgan fingerprint density at radius 2 is 1.80 bits per heavy atom. The standard InChI is InChI=1S/C16H16BrNO2/c1-12(13-5-3-2-4-6-13)18-16(19)11-20-15-9-7-14(17)8-10-15/h2-10,12H,11H2,1H3,(H,18,19)/t12-/m1/s1. The van der Waals surface area contributed by atoms with E-state index >= 15 is 0 Å². The molecular formula is C16H16BrNO2. The van der Waals surface area contributed by atoms with E-state index in [1.807, 2.05) is 61.5 Å². The second-order valence-corrected chi connectivity index (χ2v) is 5.36. The summed E-state index contributed by atoms with van der Waals surface area (Å²) in [5.74, 6) is 0.542. The molecule has 0 aliphatic carbocycles. The highest BCUT2D eigenvalue weighted by Crippen LogP contribution is 2.16. The van der Waals surface area contributed by atoms with Crippen LogP contribution in [-0.2, 0) is 4.79 Å². The predicted molar refractivity (Wildman–Crippen MR) is 82.6 cm³/mol. The van der Waals surface area contributed by atoms with Gasteiger partial charge in [0.2, 0.25) is 0 Å². The van der Waals surface area contributed by atoms with Crippen LogP contribution in [0, 0.1) is 0 Å². The van der Waals surface area contributed by atoms with E-state index in [1.165, 1.54) is 0 Å². The lowest BCUT2D eigenvalue weighted by Crippen LogP contribution is -2.31. The number of hydrogen-bond donors (Lipinski definition) is 1. The van der Waals surface area contributed by atoms with Gasteiger partial charge in [0.05, 0.1) is 6.04 Å². The van der Waals surface area contributed by atoms with Crippen molar-refractivity contribution in [2.45, 2.75) is 13.0 Å². The number of benzene rings is 2. The monoisotopic (exact) mass is 333 g/mol. The summed E-state index contributed by atoms with van der Waals surface area (Å²) in [7, 11) is 0. The van der Waals surface area contributed by atoms with Crippen LogP contribution in [0.25, 0.3) is 0 Å². The molecule has 0 aliphatic rings. The van der Waals surface area contributed by atoms with Crippen molar-refractivity contribution in [2.75, 3.05) is 6.61 Å². The Kier molecular flexibility index (Phi) is 5.18. The van der Waals surface area contributed by atoms with Crippen molar-refractivity contribution in [2.24, 2.45) is 0 Å². The molecule has 0 heterocycles. The summed E-state index contributed by atoms with van der Waals surface area (Å²) in [4.78, 5) is 11.8. The molecule has 0 fully saturated rings. The van der Waals surface area contributed by atoms with Gasteiger partial charge >= 0.3 is 0 Å². The minimum atomic E-state index is -0.135. The molecule has 0 saturated carbocycles. The fourth-order valence-corrected chi connectivity index (χ4v) is 2.05. The van der Waals surface area contributed by atoms with Gasteiger partial charge < -0.3 is 10.1 Å². The minimum Gasteiger partial charge on any atom is -0.484 e. The van der Waals surface area contributed by atoms with Crippen molar-refractivity contribution in [1.82, 2.24) is 5.32 Å². The Balaban J connectivity index is 1.82. The predicted octanol–water partition coefficient (Wildman–Crippen LogP) is 3.71. The van der Waals surface area contributed by atoms with Crippen LogP contribution in [0.15, 0.2) is 59.1 Å². The maximum Gasteiger partial charge on any atom is 0.258 e. The second-order valence-electron chi connectivity index (χ2n) is 4.44. The molecule has 0 bridgehead atoms. The Labute approximate surface area is 127 Å². The van der Waals surface area contributed by atoms with Crippen molar-refractivity contribution >= 4 is 21.8 Å². The molecule has 2 rings (SSSR count). The average Bonchev–Trinajstić information content (AvgIpc) is 2.47. The third kappa shape index (κ3) is 4.38. The number of rotatable bonds is 5. The Morgan fingerprint density at radius 1 is 1.15 bits per heavy atom. The lowest BCUT2D eigenvalue weighted by molar-refractivity contribution is -0.123. The van der Waals surface area contributed by atoms with Crippen molar-refractivity contribution in [3.8, 4) is 5.75 Å². The number of carbonyl (C=O) groups excluding carboxylic acids is 1. The van der Waals surface area contributed by atoms with Crippen molar-refractivity contribution in [3.63, 3.8) is 0 Å². The average molecular weight is 334 g/mol. The van der Waals surface area contributed by atoms with Crippen LogP contribution in [0.5, 0.6) is 5.75 Å². The van der Waals surface area contributed by atoms with Gasteiger partial charge in [-0.3, -0.25) is 4.79 Å². The quantitative estimate of drug-likeness (QED) is 0.905. The number of carbonyl (C=O) groups is 1. The molecule has 20 heavy (non-hydrogen) atoms. The fraction of sp³-hybridized carbons (Fsp3) is 0.188. The molecule has 1 atom stereocenters. The summed E-state index contributed by atoms with van der Waals surface area (Å²) in [6.45, 7) is 1.96. The highest BCUT2D eigenvalue weighted by atomic mass is 79.9. The van der Waals surface area contributed by atoms with E-state index in [9.17, 15) is 4.79 Å². The zero-order valence-corrected chi connectivity index (χ0v) is 12.8. The van der Waals surface area contributed by atoms with Crippen LogP contribution in [0.3, 0.4) is 0 Å². The molecule has 4 heteroatoms. The SMILES string of the molecule is C[C@@H](NC(=O)COc1ccc(Br)cc1)c1ccccc1. The Hall–Kier alpha value is -1.81. The van der Waals surface area contributed by atoms with Gasteiger partial charge in [0.25, 0.3) is 5.91 Å². The van der Waals surface area contributed by atoms with Crippen LogP contribution in [0.4, 0.5) is 0 Å². The molecule has 2 aromatic carbocycles. The van der Waals surface area contributed by atoms with E-state index in [4.69, 9.17) is 4.74 Å². The molecule has 0 unspecified atom stereocenters. The van der Waals surface area contributed by atoms with E-state index in [1.54, 1.807) is 0 Å². The van der Waals surface area contributed by atoms with Crippen molar-refractivity contribution in [1.29, 1.82) is 0 Å². The van der Waals surface area contributed by atoms with Gasteiger partial charge in [-0.2, -0.15) is 0 Å². The topological polar surface area (TPSA) is 38.3 Å². The smallest absolute Gasteiger partial charge is 0.258 e. The zero-order valence-electron chi connectivity index (χ0n) is 11.2. The third-order valence-electron chi connectivity index (χ3n) is 2.86. The molecule has 104 valence electrons. The van der Waals surface area contributed by atoms with E-state index in [0.29, 0.717) is 5.75 Å². The van der Waals surface area contributed by atoms with Gasteiger partial charge in [-0.05, 0) is 36.8 Å². The van der Waals surface area contributed by atoms with Gasteiger partial charge in [0, 0.05) is 4.47 Å². The maximum atomic E-state index is 11.8. The number of nitrogens with one attached hydrogen (secondary N) is 1.